The van der Waals surface area contributed by atoms with Gasteiger partial charge in [0.1, 0.15) is 17.9 Å². The summed E-state index contributed by atoms with van der Waals surface area (Å²) in [6, 6.07) is 7.51. The number of hydrogen-bond donors (Lipinski definition) is 1. The fourth-order valence-corrected chi connectivity index (χ4v) is 1.83. The van der Waals surface area contributed by atoms with Crippen LogP contribution in [0.3, 0.4) is 0 Å². The summed E-state index contributed by atoms with van der Waals surface area (Å²) in [7, 11) is 1.81. The topological polar surface area (TPSA) is 60.2 Å². The number of hydrogen-bond acceptors (Lipinski definition) is 4. The summed E-state index contributed by atoms with van der Waals surface area (Å²) in [6.45, 7) is 2.50. The van der Waals surface area contributed by atoms with Gasteiger partial charge in [0.2, 0.25) is 0 Å². The first kappa shape index (κ1) is 12.6. The van der Waals surface area contributed by atoms with E-state index in [1.54, 1.807) is 4.68 Å². The largest absolute Gasteiger partial charge is 0.493 e. The number of aliphatic hydroxyl groups excluding tert-OH is 1. The highest BCUT2D eigenvalue weighted by Crippen LogP contribution is 2.26. The van der Waals surface area contributed by atoms with Crippen molar-refractivity contribution in [1.29, 1.82) is 0 Å². The maximum atomic E-state index is 10.3. The summed E-state index contributed by atoms with van der Waals surface area (Å²) in [5.74, 6) is 1.46. The van der Waals surface area contributed by atoms with Gasteiger partial charge in [0.15, 0.2) is 0 Å². The second-order valence-corrected chi connectivity index (χ2v) is 3.99. The third-order valence-corrected chi connectivity index (χ3v) is 2.76. The number of ether oxygens (including phenoxy) is 1. The first-order valence-corrected chi connectivity index (χ1v) is 5.95. The normalized spacial score (nSPS) is 12.4. The number of aromatic nitrogens is 3. The minimum absolute atomic E-state index is 0.417. The van der Waals surface area contributed by atoms with Gasteiger partial charge in [0.25, 0.3) is 0 Å². The van der Waals surface area contributed by atoms with Crippen LogP contribution >= 0.6 is 0 Å². The summed E-state index contributed by atoms with van der Waals surface area (Å²) in [6.07, 6.45) is 1.26. The molecule has 1 unspecified atom stereocenters. The quantitative estimate of drug-likeness (QED) is 0.869. The van der Waals surface area contributed by atoms with Crippen molar-refractivity contribution in [2.24, 2.45) is 7.05 Å². The van der Waals surface area contributed by atoms with Crippen LogP contribution in [0.15, 0.2) is 30.6 Å². The Bertz CT molecular complexity index is 510. The van der Waals surface area contributed by atoms with Crippen molar-refractivity contribution in [3.05, 3.63) is 42.0 Å². The van der Waals surface area contributed by atoms with Gasteiger partial charge in [-0.1, -0.05) is 18.2 Å². The van der Waals surface area contributed by atoms with Gasteiger partial charge in [0, 0.05) is 19.0 Å². The zero-order chi connectivity index (χ0) is 13.0. The molecule has 0 aliphatic carbocycles. The molecule has 0 amide bonds. The maximum Gasteiger partial charge on any atom is 0.138 e. The summed E-state index contributed by atoms with van der Waals surface area (Å²) in [5, 5.41) is 14.2. The zero-order valence-electron chi connectivity index (χ0n) is 10.6. The molecule has 0 spiro atoms. The number of aliphatic hydroxyl groups is 1. The van der Waals surface area contributed by atoms with Gasteiger partial charge in [-0.2, -0.15) is 5.10 Å². The summed E-state index contributed by atoms with van der Waals surface area (Å²) >= 11 is 0. The number of nitrogens with zero attached hydrogens (tertiary/aromatic N) is 3. The number of benzene rings is 1. The van der Waals surface area contributed by atoms with Crippen molar-refractivity contribution < 1.29 is 9.84 Å². The molecular formula is C13H17N3O2. The smallest absolute Gasteiger partial charge is 0.138 e. The molecule has 5 nitrogen and oxygen atoms in total. The summed E-state index contributed by atoms with van der Waals surface area (Å²) < 4.78 is 7.16. The molecule has 2 rings (SSSR count). The first-order chi connectivity index (χ1) is 8.72. The van der Waals surface area contributed by atoms with Crippen molar-refractivity contribution in [3.63, 3.8) is 0 Å². The van der Waals surface area contributed by atoms with Crippen LogP contribution in [0.1, 0.15) is 24.4 Å². The molecule has 1 aromatic heterocycles. The van der Waals surface area contributed by atoms with Gasteiger partial charge < -0.3 is 9.84 Å². The molecule has 0 fully saturated rings. The minimum Gasteiger partial charge on any atom is -0.493 e. The molecular weight excluding hydrogens is 230 g/mol. The van der Waals surface area contributed by atoms with Gasteiger partial charge in [0.05, 0.1) is 12.7 Å². The second kappa shape index (κ2) is 5.64. The molecule has 1 N–H and O–H groups in total. The highest BCUT2D eigenvalue weighted by Gasteiger charge is 2.15. The predicted molar refractivity (Wildman–Crippen MR) is 67.3 cm³/mol. The van der Waals surface area contributed by atoms with E-state index in [2.05, 4.69) is 10.1 Å². The van der Waals surface area contributed by atoms with E-state index in [1.165, 1.54) is 6.33 Å². The van der Waals surface area contributed by atoms with E-state index in [4.69, 9.17) is 4.74 Å². The van der Waals surface area contributed by atoms with Crippen LogP contribution in [0.25, 0.3) is 0 Å². The monoisotopic (exact) mass is 247 g/mol. The van der Waals surface area contributed by atoms with E-state index in [0.717, 1.165) is 17.1 Å². The average Bonchev–Trinajstić information content (AvgIpc) is 2.76. The van der Waals surface area contributed by atoms with Gasteiger partial charge in [-0.15, -0.1) is 0 Å². The zero-order valence-corrected chi connectivity index (χ0v) is 10.6. The molecule has 96 valence electrons. The van der Waals surface area contributed by atoms with Crippen molar-refractivity contribution >= 4 is 0 Å². The van der Waals surface area contributed by atoms with Crippen LogP contribution < -0.4 is 4.74 Å². The molecule has 18 heavy (non-hydrogen) atoms. The Hall–Kier alpha value is -1.88. The van der Waals surface area contributed by atoms with Gasteiger partial charge >= 0.3 is 0 Å². The van der Waals surface area contributed by atoms with Crippen molar-refractivity contribution in [3.8, 4) is 5.75 Å². The Morgan fingerprint density at radius 2 is 2.17 bits per heavy atom. The number of aryl methyl sites for hydroxylation is 1. The maximum absolute atomic E-state index is 10.3. The molecule has 0 radical (unpaired) electrons. The Labute approximate surface area is 106 Å². The fraction of sp³-hybridized carbons (Fsp3) is 0.385. The lowest BCUT2D eigenvalue weighted by molar-refractivity contribution is 0.168. The highest BCUT2D eigenvalue weighted by molar-refractivity contribution is 5.35. The van der Waals surface area contributed by atoms with E-state index in [1.807, 2.05) is 38.2 Å². The molecule has 0 saturated carbocycles. The van der Waals surface area contributed by atoms with Crippen LogP contribution in [0, 0.1) is 0 Å². The van der Waals surface area contributed by atoms with E-state index in [0.29, 0.717) is 13.0 Å². The highest BCUT2D eigenvalue weighted by atomic mass is 16.5. The molecule has 5 heteroatoms. The average molecular weight is 247 g/mol. The van der Waals surface area contributed by atoms with Crippen molar-refractivity contribution in [1.82, 2.24) is 14.8 Å². The van der Waals surface area contributed by atoms with Crippen LogP contribution in [-0.2, 0) is 13.5 Å². The second-order valence-electron chi connectivity index (χ2n) is 3.99. The molecule has 0 bridgehead atoms. The Morgan fingerprint density at radius 1 is 1.39 bits per heavy atom. The molecule has 1 atom stereocenters. The Kier molecular flexibility index (Phi) is 3.94. The SMILES string of the molecule is CCOc1ccccc1C(O)Cc1ncnn1C. The van der Waals surface area contributed by atoms with Gasteiger partial charge in [-0.3, -0.25) is 4.68 Å². The molecule has 0 aliphatic rings. The van der Waals surface area contributed by atoms with Gasteiger partial charge in [-0.05, 0) is 13.0 Å². The van der Waals surface area contributed by atoms with Crippen LogP contribution in [0.5, 0.6) is 5.75 Å². The third kappa shape index (κ3) is 2.68. The third-order valence-electron chi connectivity index (χ3n) is 2.76. The molecule has 0 saturated heterocycles. The lowest BCUT2D eigenvalue weighted by Crippen LogP contribution is -2.09. The van der Waals surface area contributed by atoms with E-state index >= 15 is 0 Å². The standard InChI is InChI=1S/C13H17N3O2/c1-3-18-12-7-5-4-6-10(12)11(17)8-13-14-9-15-16(13)2/h4-7,9,11,17H,3,8H2,1-2H3. The van der Waals surface area contributed by atoms with Crippen molar-refractivity contribution in [2.45, 2.75) is 19.4 Å². The lowest BCUT2D eigenvalue weighted by Gasteiger charge is -2.15. The van der Waals surface area contributed by atoms with Crippen LogP contribution in [0.4, 0.5) is 0 Å². The number of rotatable bonds is 5. The molecule has 2 aromatic rings. The summed E-state index contributed by atoms with van der Waals surface area (Å²) in [4.78, 5) is 4.11. The number of para-hydroxylation sites is 1. The summed E-state index contributed by atoms with van der Waals surface area (Å²) in [5.41, 5.74) is 0.780. The first-order valence-electron chi connectivity index (χ1n) is 5.95. The Morgan fingerprint density at radius 3 is 2.83 bits per heavy atom. The lowest BCUT2D eigenvalue weighted by atomic mass is 10.1. The Balaban J connectivity index is 2.18. The van der Waals surface area contributed by atoms with Crippen LogP contribution in [-0.4, -0.2) is 26.5 Å². The molecule has 0 aliphatic heterocycles. The van der Waals surface area contributed by atoms with E-state index in [9.17, 15) is 5.11 Å². The van der Waals surface area contributed by atoms with Crippen LogP contribution in [0.2, 0.25) is 0 Å². The molecule has 1 aromatic carbocycles. The van der Waals surface area contributed by atoms with Crippen molar-refractivity contribution in [2.75, 3.05) is 6.61 Å². The fourth-order valence-electron chi connectivity index (χ4n) is 1.83. The van der Waals surface area contributed by atoms with Gasteiger partial charge in [-0.25, -0.2) is 4.98 Å². The molecule has 1 heterocycles. The van der Waals surface area contributed by atoms with E-state index in [-0.39, 0.29) is 0 Å². The van der Waals surface area contributed by atoms with E-state index < -0.39 is 6.10 Å². The predicted octanol–water partition coefficient (Wildman–Crippen LogP) is 1.49. The minimum atomic E-state index is -0.643.